The van der Waals surface area contributed by atoms with Crippen LogP contribution >= 0.6 is 0 Å². The van der Waals surface area contributed by atoms with E-state index < -0.39 is 0 Å². The standard InChI is InChI=1S/C39H45N2O/c1-7-27-40-34-23-13-11-21-32(34)38(2,3)36(40)25-15-19-31(30-17-9-8-10-18-30)20-16-26-37-39(4,5)33-22-12-14-24-35(33)41(37)28-29-42-6/h8-26H,7,27-29H2,1-6H3/q+1. The normalized spacial score (nSPS) is 18.5. The predicted molar refractivity (Wildman–Crippen MR) is 179 cm³/mol. The monoisotopic (exact) mass is 557 g/mol. The van der Waals surface area contributed by atoms with Crippen LogP contribution in [0.4, 0.5) is 11.4 Å². The molecule has 0 amide bonds. The largest absolute Gasteiger partial charge is 0.383 e. The van der Waals surface area contributed by atoms with E-state index in [1.165, 1.54) is 45.0 Å². The van der Waals surface area contributed by atoms with Gasteiger partial charge in [-0.15, -0.1) is 0 Å². The van der Waals surface area contributed by atoms with Crippen molar-refractivity contribution in [1.82, 2.24) is 0 Å². The van der Waals surface area contributed by atoms with E-state index in [1.807, 2.05) is 0 Å². The van der Waals surface area contributed by atoms with E-state index in [-0.39, 0.29) is 10.8 Å². The van der Waals surface area contributed by atoms with E-state index >= 15 is 0 Å². The number of hydrogen-bond donors (Lipinski definition) is 0. The molecule has 0 N–H and O–H groups in total. The second-order valence-electron chi connectivity index (χ2n) is 12.2. The summed E-state index contributed by atoms with van der Waals surface area (Å²) in [5.74, 6) is 0. The first-order valence-electron chi connectivity index (χ1n) is 15.2. The summed E-state index contributed by atoms with van der Waals surface area (Å²) >= 11 is 0. The number of nitrogens with zero attached hydrogens (tertiary/aromatic N) is 2. The smallest absolute Gasteiger partial charge is 0.209 e. The molecule has 2 heterocycles. The highest BCUT2D eigenvalue weighted by atomic mass is 16.5. The summed E-state index contributed by atoms with van der Waals surface area (Å²) in [5.41, 5.74) is 10.2. The van der Waals surface area contributed by atoms with Gasteiger partial charge < -0.3 is 9.64 Å². The van der Waals surface area contributed by atoms with Gasteiger partial charge in [-0.05, 0) is 42.7 Å². The molecule has 0 bridgehead atoms. The van der Waals surface area contributed by atoms with E-state index in [0.717, 1.165) is 19.5 Å². The Labute approximate surface area is 252 Å². The molecular weight excluding hydrogens is 512 g/mol. The van der Waals surface area contributed by atoms with Gasteiger partial charge in [0.1, 0.15) is 6.54 Å². The lowest BCUT2D eigenvalue weighted by atomic mass is 9.81. The highest BCUT2D eigenvalue weighted by Crippen LogP contribution is 2.47. The van der Waals surface area contributed by atoms with E-state index in [0.29, 0.717) is 6.61 Å². The molecule has 3 heteroatoms. The van der Waals surface area contributed by atoms with Gasteiger partial charge >= 0.3 is 0 Å². The number of para-hydroxylation sites is 2. The Morgan fingerprint density at radius 1 is 0.833 bits per heavy atom. The van der Waals surface area contributed by atoms with Crippen LogP contribution in [0.3, 0.4) is 0 Å². The molecule has 3 nitrogen and oxygen atoms in total. The highest BCUT2D eigenvalue weighted by molar-refractivity contribution is 6.03. The zero-order valence-corrected chi connectivity index (χ0v) is 26.1. The Morgan fingerprint density at radius 3 is 2.26 bits per heavy atom. The number of anilines is 1. The van der Waals surface area contributed by atoms with Crippen LogP contribution in [0.5, 0.6) is 0 Å². The van der Waals surface area contributed by atoms with Gasteiger partial charge in [0.2, 0.25) is 5.69 Å². The Balaban J connectivity index is 1.50. The first-order chi connectivity index (χ1) is 20.3. The van der Waals surface area contributed by atoms with Crippen LogP contribution in [0.25, 0.3) is 5.57 Å². The number of hydrogen-bond acceptors (Lipinski definition) is 2. The Hall–Kier alpha value is -3.95. The number of ether oxygens (including phenoxy) is 1. The third-order valence-electron chi connectivity index (χ3n) is 8.73. The maximum Gasteiger partial charge on any atom is 0.209 e. The summed E-state index contributed by atoms with van der Waals surface area (Å²) in [4.78, 5) is 2.41. The van der Waals surface area contributed by atoms with Crippen molar-refractivity contribution in [2.45, 2.75) is 51.9 Å². The van der Waals surface area contributed by atoms with Gasteiger partial charge in [0, 0.05) is 54.6 Å². The molecule has 3 aromatic rings. The molecule has 0 radical (unpaired) electrons. The van der Waals surface area contributed by atoms with Crippen molar-refractivity contribution in [1.29, 1.82) is 0 Å². The van der Waals surface area contributed by atoms with Gasteiger partial charge in [0.05, 0.1) is 12.0 Å². The zero-order valence-electron chi connectivity index (χ0n) is 26.1. The van der Waals surface area contributed by atoms with Crippen LogP contribution in [0.15, 0.2) is 121 Å². The lowest BCUT2D eigenvalue weighted by Gasteiger charge is -2.26. The maximum absolute atomic E-state index is 5.47. The molecule has 0 aliphatic carbocycles. The molecule has 42 heavy (non-hydrogen) atoms. The molecule has 5 rings (SSSR count). The van der Waals surface area contributed by atoms with Gasteiger partial charge in [-0.2, -0.15) is 4.58 Å². The lowest BCUT2D eigenvalue weighted by Crippen LogP contribution is -2.28. The average Bonchev–Trinajstić information content (AvgIpc) is 3.35. The van der Waals surface area contributed by atoms with Crippen LogP contribution in [-0.4, -0.2) is 37.1 Å². The van der Waals surface area contributed by atoms with E-state index in [2.05, 4.69) is 159 Å². The summed E-state index contributed by atoms with van der Waals surface area (Å²) in [6.45, 7) is 14.1. The highest BCUT2D eigenvalue weighted by Gasteiger charge is 2.43. The maximum atomic E-state index is 5.47. The minimum atomic E-state index is -0.0896. The van der Waals surface area contributed by atoms with Crippen LogP contribution in [0.2, 0.25) is 0 Å². The van der Waals surface area contributed by atoms with Gasteiger partial charge in [-0.3, -0.25) is 0 Å². The molecule has 0 fully saturated rings. The zero-order chi connectivity index (χ0) is 29.7. The van der Waals surface area contributed by atoms with E-state index in [9.17, 15) is 0 Å². The second kappa shape index (κ2) is 12.5. The summed E-state index contributed by atoms with van der Waals surface area (Å²) in [6, 6.07) is 28.2. The van der Waals surface area contributed by atoms with Crippen molar-refractivity contribution in [2.75, 3.05) is 31.7 Å². The Kier molecular flexibility index (Phi) is 8.80. The van der Waals surface area contributed by atoms with Gasteiger partial charge in [0.15, 0.2) is 5.71 Å². The molecule has 0 saturated heterocycles. The summed E-state index contributed by atoms with van der Waals surface area (Å²) in [7, 11) is 1.77. The number of fused-ring (bicyclic) bond motifs is 2. The third-order valence-corrected chi connectivity index (χ3v) is 8.73. The molecule has 0 saturated carbocycles. The average molecular weight is 558 g/mol. The van der Waals surface area contributed by atoms with Gasteiger partial charge in [-0.25, -0.2) is 0 Å². The Morgan fingerprint density at radius 2 is 1.52 bits per heavy atom. The second-order valence-corrected chi connectivity index (χ2v) is 12.2. The number of allylic oxidation sites excluding steroid dienone is 8. The number of benzene rings is 3. The molecule has 0 atom stereocenters. The molecule has 0 aromatic heterocycles. The quantitative estimate of drug-likeness (QED) is 0.183. The van der Waals surface area contributed by atoms with Crippen LogP contribution in [-0.2, 0) is 15.6 Å². The van der Waals surface area contributed by atoms with Crippen LogP contribution in [0.1, 0.15) is 57.7 Å². The summed E-state index contributed by atoms with van der Waals surface area (Å²) in [5, 5.41) is 0. The van der Waals surface area contributed by atoms with Crippen molar-refractivity contribution in [3.8, 4) is 0 Å². The van der Waals surface area contributed by atoms with Gasteiger partial charge in [0.25, 0.3) is 0 Å². The van der Waals surface area contributed by atoms with E-state index in [1.54, 1.807) is 7.11 Å². The SMILES string of the molecule is CCC[N+]1=C(C=CC=C(C=CC=C2N(CCOC)c3ccccc3C2(C)C)c2ccccc2)C(C)(C)c2ccccc21. The summed E-state index contributed by atoms with van der Waals surface area (Å²) in [6.07, 6.45) is 14.6. The lowest BCUT2D eigenvalue weighted by molar-refractivity contribution is -0.437. The first-order valence-corrected chi connectivity index (χ1v) is 15.2. The molecular formula is C39H45N2O+. The van der Waals surface area contributed by atoms with Crippen molar-refractivity contribution < 1.29 is 9.31 Å². The Bertz CT molecular complexity index is 1570. The van der Waals surface area contributed by atoms with Crippen molar-refractivity contribution in [3.05, 3.63) is 138 Å². The summed E-state index contributed by atoms with van der Waals surface area (Å²) < 4.78 is 7.97. The fraction of sp³-hybridized carbons (Fsp3) is 0.308. The molecule has 2 aliphatic rings. The van der Waals surface area contributed by atoms with E-state index in [4.69, 9.17) is 4.74 Å². The van der Waals surface area contributed by atoms with Crippen molar-refractivity contribution in [3.63, 3.8) is 0 Å². The minimum Gasteiger partial charge on any atom is -0.383 e. The first kappa shape index (κ1) is 29.5. The molecule has 2 aliphatic heterocycles. The van der Waals surface area contributed by atoms with Crippen LogP contribution in [0, 0.1) is 0 Å². The third kappa shape index (κ3) is 5.58. The molecule has 3 aromatic carbocycles. The topological polar surface area (TPSA) is 15.5 Å². The van der Waals surface area contributed by atoms with Crippen LogP contribution < -0.4 is 4.90 Å². The molecule has 0 spiro atoms. The number of methoxy groups -OCH3 is 1. The molecule has 0 unspecified atom stereocenters. The predicted octanol–water partition coefficient (Wildman–Crippen LogP) is 9.00. The minimum absolute atomic E-state index is 0.0437. The van der Waals surface area contributed by atoms with Crippen molar-refractivity contribution >= 4 is 22.7 Å². The van der Waals surface area contributed by atoms with Gasteiger partial charge in [-0.1, -0.05) is 112 Å². The molecule has 216 valence electrons. The fourth-order valence-electron chi connectivity index (χ4n) is 6.53. The fourth-order valence-corrected chi connectivity index (χ4v) is 6.53. The van der Waals surface area contributed by atoms with Crippen molar-refractivity contribution in [2.24, 2.45) is 0 Å². The number of rotatable bonds is 10.